The summed E-state index contributed by atoms with van der Waals surface area (Å²) in [5.41, 5.74) is 0.450. The number of imidazole rings is 1. The molecule has 10 heteroatoms. The molecule has 0 aliphatic heterocycles. The first-order chi connectivity index (χ1) is 13.0. The second-order valence-corrected chi connectivity index (χ2v) is 8.11. The van der Waals surface area contributed by atoms with Gasteiger partial charge in [-0.25, -0.2) is 18.1 Å². The lowest BCUT2D eigenvalue weighted by molar-refractivity contribution is -0.137. The van der Waals surface area contributed by atoms with Crippen LogP contribution < -0.4 is 4.72 Å². The summed E-state index contributed by atoms with van der Waals surface area (Å²) in [6.45, 7) is 5.38. The van der Waals surface area contributed by atoms with Crippen LogP contribution in [0.25, 0.3) is 11.0 Å². The van der Waals surface area contributed by atoms with Crippen LogP contribution in [0.4, 0.5) is 13.2 Å². The lowest BCUT2D eigenvalue weighted by Gasteiger charge is -2.16. The Morgan fingerprint density at radius 1 is 1.21 bits per heavy atom. The molecule has 150 valence electrons. The molecule has 0 aliphatic rings. The van der Waals surface area contributed by atoms with Gasteiger partial charge in [0, 0.05) is 18.4 Å². The van der Waals surface area contributed by atoms with Crippen molar-refractivity contribution < 1.29 is 21.6 Å². The van der Waals surface area contributed by atoms with Gasteiger partial charge in [-0.2, -0.15) is 13.2 Å². The SMILES string of the molecule is CCn1c(C(C)NS(=O)(=O)c2ccnc(C)c2)nc2ccc(C(F)(F)F)cc21. The number of pyridine rings is 1. The van der Waals surface area contributed by atoms with Crippen molar-refractivity contribution in [2.45, 2.75) is 44.4 Å². The van der Waals surface area contributed by atoms with E-state index < -0.39 is 27.8 Å². The van der Waals surface area contributed by atoms with Gasteiger partial charge in [0.1, 0.15) is 5.82 Å². The molecule has 6 nitrogen and oxygen atoms in total. The average molecular weight is 412 g/mol. The monoisotopic (exact) mass is 412 g/mol. The average Bonchev–Trinajstić information content (AvgIpc) is 2.98. The van der Waals surface area contributed by atoms with Gasteiger partial charge in [0.2, 0.25) is 10.0 Å². The summed E-state index contributed by atoms with van der Waals surface area (Å²) in [7, 11) is -3.85. The second-order valence-electron chi connectivity index (χ2n) is 6.39. The number of rotatable bonds is 5. The Bertz CT molecular complexity index is 1120. The zero-order chi connectivity index (χ0) is 20.7. The Labute approximate surface area is 160 Å². The van der Waals surface area contributed by atoms with Gasteiger partial charge < -0.3 is 4.57 Å². The molecule has 2 aromatic heterocycles. The highest BCUT2D eigenvalue weighted by Crippen LogP contribution is 2.32. The van der Waals surface area contributed by atoms with Crippen LogP contribution in [0.2, 0.25) is 0 Å². The number of nitrogens with zero attached hydrogens (tertiary/aromatic N) is 3. The molecule has 2 heterocycles. The largest absolute Gasteiger partial charge is 0.416 e. The van der Waals surface area contributed by atoms with Crippen LogP contribution in [0, 0.1) is 6.92 Å². The molecule has 1 aromatic carbocycles. The van der Waals surface area contributed by atoms with E-state index in [0.717, 1.165) is 12.1 Å². The lowest BCUT2D eigenvalue weighted by Crippen LogP contribution is -2.29. The molecule has 0 fully saturated rings. The second kappa shape index (κ2) is 7.17. The van der Waals surface area contributed by atoms with E-state index in [4.69, 9.17) is 0 Å². The van der Waals surface area contributed by atoms with E-state index >= 15 is 0 Å². The molecule has 0 aliphatic carbocycles. The Morgan fingerprint density at radius 2 is 1.93 bits per heavy atom. The molecule has 1 atom stereocenters. The third kappa shape index (κ3) is 3.88. The van der Waals surface area contributed by atoms with E-state index in [-0.39, 0.29) is 4.90 Å². The van der Waals surface area contributed by atoms with E-state index in [1.807, 2.05) is 0 Å². The third-order valence-electron chi connectivity index (χ3n) is 4.32. The Balaban J connectivity index is 2.00. The normalized spacial score (nSPS) is 13.8. The van der Waals surface area contributed by atoms with Gasteiger partial charge >= 0.3 is 6.18 Å². The third-order valence-corrected chi connectivity index (χ3v) is 5.86. The van der Waals surface area contributed by atoms with E-state index in [9.17, 15) is 21.6 Å². The minimum atomic E-state index is -4.47. The molecule has 0 saturated heterocycles. The molecule has 28 heavy (non-hydrogen) atoms. The highest BCUT2D eigenvalue weighted by Gasteiger charge is 2.31. The predicted molar refractivity (Wildman–Crippen MR) is 98.1 cm³/mol. The van der Waals surface area contributed by atoms with Crippen molar-refractivity contribution in [3.8, 4) is 0 Å². The first-order valence-electron chi connectivity index (χ1n) is 8.55. The van der Waals surface area contributed by atoms with E-state index in [1.165, 1.54) is 24.4 Å². The first kappa shape index (κ1) is 20.3. The maximum Gasteiger partial charge on any atom is 0.416 e. The predicted octanol–water partition coefficient (Wildman–Crippen LogP) is 3.82. The number of benzene rings is 1. The van der Waals surface area contributed by atoms with Crippen molar-refractivity contribution >= 4 is 21.1 Å². The molecule has 3 aromatic rings. The van der Waals surface area contributed by atoms with Gasteiger partial charge in [0.25, 0.3) is 0 Å². The van der Waals surface area contributed by atoms with Crippen LogP contribution in [0.1, 0.15) is 37.0 Å². The number of aromatic nitrogens is 3. The molecule has 1 N–H and O–H groups in total. The van der Waals surface area contributed by atoms with Crippen molar-refractivity contribution in [2.24, 2.45) is 0 Å². The lowest BCUT2D eigenvalue weighted by atomic mass is 10.2. The van der Waals surface area contributed by atoms with Gasteiger partial charge in [-0.3, -0.25) is 4.98 Å². The molecule has 0 radical (unpaired) electrons. The van der Waals surface area contributed by atoms with E-state index in [0.29, 0.717) is 29.1 Å². The van der Waals surface area contributed by atoms with Crippen molar-refractivity contribution in [2.75, 3.05) is 0 Å². The summed E-state index contributed by atoms with van der Waals surface area (Å²) < 4.78 is 68.5. The van der Waals surface area contributed by atoms with Gasteiger partial charge in [0.05, 0.1) is 27.5 Å². The fourth-order valence-corrected chi connectivity index (χ4v) is 4.29. The molecule has 0 bridgehead atoms. The topological polar surface area (TPSA) is 76.9 Å². The van der Waals surface area contributed by atoms with Crippen molar-refractivity contribution in [3.05, 3.63) is 53.6 Å². The number of hydrogen-bond acceptors (Lipinski definition) is 4. The summed E-state index contributed by atoms with van der Waals surface area (Å²) in [6, 6.07) is 5.35. The molecular weight excluding hydrogens is 393 g/mol. The molecule has 0 amide bonds. The number of halogens is 3. The van der Waals surface area contributed by atoms with Crippen LogP contribution in [0.15, 0.2) is 41.4 Å². The maximum atomic E-state index is 13.0. The summed E-state index contributed by atoms with van der Waals surface area (Å²) in [4.78, 5) is 8.39. The molecule has 0 spiro atoms. The van der Waals surface area contributed by atoms with Gasteiger partial charge in [0.15, 0.2) is 0 Å². The van der Waals surface area contributed by atoms with Crippen LogP contribution in [0.5, 0.6) is 0 Å². The zero-order valence-corrected chi connectivity index (χ0v) is 16.3. The highest BCUT2D eigenvalue weighted by molar-refractivity contribution is 7.89. The Kier molecular flexibility index (Phi) is 5.20. The van der Waals surface area contributed by atoms with Crippen LogP contribution in [0.3, 0.4) is 0 Å². The number of aryl methyl sites for hydroxylation is 2. The van der Waals surface area contributed by atoms with Crippen molar-refractivity contribution in [1.29, 1.82) is 0 Å². The van der Waals surface area contributed by atoms with Crippen molar-refractivity contribution in [3.63, 3.8) is 0 Å². The van der Waals surface area contributed by atoms with E-state index in [2.05, 4.69) is 14.7 Å². The number of sulfonamides is 1. The smallest absolute Gasteiger partial charge is 0.327 e. The minimum Gasteiger partial charge on any atom is -0.327 e. The summed E-state index contributed by atoms with van der Waals surface area (Å²) >= 11 is 0. The number of hydrogen-bond donors (Lipinski definition) is 1. The molecule has 1 unspecified atom stereocenters. The number of fused-ring (bicyclic) bond motifs is 1. The standard InChI is InChI=1S/C18H19F3N4O2S/c1-4-25-16-10-13(18(19,20)21)5-6-15(16)23-17(25)12(3)24-28(26,27)14-7-8-22-11(2)9-14/h5-10,12,24H,4H2,1-3H3. The van der Waals surface area contributed by atoms with Gasteiger partial charge in [-0.05, 0) is 51.1 Å². The molecule has 3 rings (SSSR count). The quantitative estimate of drug-likeness (QED) is 0.691. The van der Waals surface area contributed by atoms with Crippen molar-refractivity contribution in [1.82, 2.24) is 19.3 Å². The van der Waals surface area contributed by atoms with Crippen LogP contribution >= 0.6 is 0 Å². The maximum absolute atomic E-state index is 13.0. The van der Waals surface area contributed by atoms with Crippen LogP contribution in [-0.2, 0) is 22.7 Å². The number of alkyl halides is 3. The highest BCUT2D eigenvalue weighted by atomic mass is 32.2. The fraction of sp³-hybridized carbons (Fsp3) is 0.333. The van der Waals surface area contributed by atoms with E-state index in [1.54, 1.807) is 25.3 Å². The Morgan fingerprint density at radius 3 is 2.54 bits per heavy atom. The Hall–Kier alpha value is -2.46. The fourth-order valence-electron chi connectivity index (χ4n) is 3.02. The van der Waals surface area contributed by atoms with Crippen LogP contribution in [-0.4, -0.2) is 23.0 Å². The first-order valence-corrected chi connectivity index (χ1v) is 10.0. The zero-order valence-electron chi connectivity index (χ0n) is 15.4. The molecular formula is C18H19F3N4O2S. The summed E-state index contributed by atoms with van der Waals surface area (Å²) in [5.74, 6) is 0.339. The summed E-state index contributed by atoms with van der Waals surface area (Å²) in [5, 5.41) is 0. The van der Waals surface area contributed by atoms with Gasteiger partial charge in [-0.15, -0.1) is 0 Å². The van der Waals surface area contributed by atoms with Gasteiger partial charge in [-0.1, -0.05) is 0 Å². The number of nitrogens with one attached hydrogen (secondary N) is 1. The molecule has 0 saturated carbocycles. The minimum absolute atomic E-state index is 0.0605. The summed E-state index contributed by atoms with van der Waals surface area (Å²) in [6.07, 6.45) is -3.07.